The monoisotopic (exact) mass is 537 g/mol. The summed E-state index contributed by atoms with van der Waals surface area (Å²) in [5.41, 5.74) is 5.43. The molecule has 2 N–H and O–H groups in total. The van der Waals surface area contributed by atoms with E-state index < -0.39 is 9.84 Å². The molecule has 2 aromatic heterocycles. The predicted octanol–water partition coefficient (Wildman–Crippen LogP) is 2.94. The molecule has 1 fully saturated rings. The van der Waals surface area contributed by atoms with E-state index >= 15 is 0 Å². The van der Waals surface area contributed by atoms with Crippen molar-refractivity contribution in [2.45, 2.75) is 50.3 Å². The van der Waals surface area contributed by atoms with Crippen LogP contribution in [-0.4, -0.2) is 65.7 Å². The van der Waals surface area contributed by atoms with E-state index in [1.165, 1.54) is 12.6 Å². The van der Waals surface area contributed by atoms with Gasteiger partial charge in [-0.15, -0.1) is 0 Å². The van der Waals surface area contributed by atoms with Gasteiger partial charge in [0.25, 0.3) is 5.91 Å². The van der Waals surface area contributed by atoms with E-state index in [0.717, 1.165) is 17.1 Å². The molecule has 0 bridgehead atoms. The van der Waals surface area contributed by atoms with Gasteiger partial charge in [-0.25, -0.2) is 28.8 Å². The van der Waals surface area contributed by atoms with Crippen LogP contribution < -0.4 is 20.5 Å². The Hall–Kier alpha value is -3.77. The second-order valence-electron chi connectivity index (χ2n) is 9.76. The molecule has 0 unspecified atom stereocenters. The Bertz CT molecular complexity index is 1400. The molecule has 5 rings (SSSR count). The lowest BCUT2D eigenvalue weighted by atomic mass is 10.1. The van der Waals surface area contributed by atoms with Gasteiger partial charge in [0.2, 0.25) is 5.88 Å². The Balaban J connectivity index is 1.21. The molecular weight excluding hydrogens is 506 g/mol. The standard InChI is InChI=1S/C26H31N7O4S/c1-17(2)31-23-9-4-18(14-27-23)26(34)32-12-10-20(11-13-32)37-25-22-15-30-33(24(22)28-16-29-25)19-5-7-21(8-6-19)38(3,35)36/h4-9,14,16-17,20,30H,10-13,15H2,1-3H3,(H,27,31). The van der Waals surface area contributed by atoms with Gasteiger partial charge in [0, 0.05) is 51.0 Å². The molecule has 4 heterocycles. The fourth-order valence-electron chi connectivity index (χ4n) is 4.54. The first-order chi connectivity index (χ1) is 18.2. The van der Waals surface area contributed by atoms with Crippen molar-refractivity contribution >= 4 is 33.1 Å². The van der Waals surface area contributed by atoms with Gasteiger partial charge in [0.1, 0.15) is 18.2 Å². The number of hydrogen-bond donors (Lipinski definition) is 2. The fourth-order valence-corrected chi connectivity index (χ4v) is 5.17. The van der Waals surface area contributed by atoms with E-state index in [0.29, 0.717) is 49.7 Å². The highest BCUT2D eigenvalue weighted by atomic mass is 32.2. The van der Waals surface area contributed by atoms with Crippen molar-refractivity contribution in [3.63, 3.8) is 0 Å². The summed E-state index contributed by atoms with van der Waals surface area (Å²) < 4.78 is 29.8. The quantitative estimate of drug-likeness (QED) is 0.464. The first-order valence-corrected chi connectivity index (χ1v) is 14.4. The maximum absolute atomic E-state index is 13.0. The van der Waals surface area contributed by atoms with E-state index in [4.69, 9.17) is 4.74 Å². The number of anilines is 3. The minimum atomic E-state index is -3.27. The van der Waals surface area contributed by atoms with Gasteiger partial charge in [-0.1, -0.05) is 0 Å². The number of nitrogens with zero attached hydrogens (tertiary/aromatic N) is 5. The van der Waals surface area contributed by atoms with Crippen LogP contribution in [0.1, 0.15) is 42.6 Å². The third-order valence-corrected chi connectivity index (χ3v) is 7.61. The number of benzene rings is 1. The van der Waals surface area contributed by atoms with Crippen molar-refractivity contribution in [3.8, 4) is 5.88 Å². The summed E-state index contributed by atoms with van der Waals surface area (Å²) in [5.74, 6) is 1.90. The van der Waals surface area contributed by atoms with Crippen molar-refractivity contribution in [2.75, 3.05) is 29.7 Å². The summed E-state index contributed by atoms with van der Waals surface area (Å²) in [5, 5.41) is 5.02. The molecule has 1 aromatic carbocycles. The number of piperidine rings is 1. The predicted molar refractivity (Wildman–Crippen MR) is 143 cm³/mol. The Labute approximate surface area is 222 Å². The molecule has 0 atom stereocenters. The van der Waals surface area contributed by atoms with E-state index in [1.807, 2.05) is 24.8 Å². The lowest BCUT2D eigenvalue weighted by molar-refractivity contribution is 0.0585. The number of hydrazine groups is 1. The number of fused-ring (bicyclic) bond motifs is 1. The van der Waals surface area contributed by atoms with E-state index in [1.54, 1.807) is 41.5 Å². The molecule has 0 aliphatic carbocycles. The average Bonchev–Trinajstić information content (AvgIpc) is 3.34. The number of likely N-dealkylation sites (tertiary alicyclic amines) is 1. The topological polar surface area (TPSA) is 130 Å². The molecule has 2 aliphatic rings. The number of pyridine rings is 1. The van der Waals surface area contributed by atoms with Crippen LogP contribution in [0.5, 0.6) is 5.88 Å². The maximum atomic E-state index is 13.0. The van der Waals surface area contributed by atoms with Crippen molar-refractivity contribution in [3.05, 3.63) is 60.0 Å². The van der Waals surface area contributed by atoms with E-state index in [2.05, 4.69) is 25.7 Å². The molecule has 200 valence electrons. The summed E-state index contributed by atoms with van der Waals surface area (Å²) in [6.07, 6.45) is 5.57. The summed E-state index contributed by atoms with van der Waals surface area (Å²) in [4.78, 5) is 28.2. The Morgan fingerprint density at radius 3 is 2.45 bits per heavy atom. The summed E-state index contributed by atoms with van der Waals surface area (Å²) >= 11 is 0. The highest BCUT2D eigenvalue weighted by Crippen LogP contribution is 2.35. The number of amides is 1. The van der Waals surface area contributed by atoms with Crippen LogP contribution >= 0.6 is 0 Å². The van der Waals surface area contributed by atoms with Crippen LogP contribution in [0.25, 0.3) is 0 Å². The average molecular weight is 538 g/mol. The number of sulfone groups is 1. The van der Waals surface area contributed by atoms with Gasteiger partial charge in [-0.05, 0) is 50.2 Å². The van der Waals surface area contributed by atoms with E-state index in [9.17, 15) is 13.2 Å². The molecule has 0 spiro atoms. The van der Waals surface area contributed by atoms with Crippen molar-refractivity contribution in [2.24, 2.45) is 0 Å². The number of carbonyl (C=O) groups excluding carboxylic acids is 1. The Morgan fingerprint density at radius 1 is 1.08 bits per heavy atom. The lowest BCUT2D eigenvalue weighted by Gasteiger charge is -2.32. The first-order valence-electron chi connectivity index (χ1n) is 12.5. The molecule has 3 aromatic rings. The minimum absolute atomic E-state index is 0.0308. The molecule has 0 radical (unpaired) electrons. The molecule has 2 aliphatic heterocycles. The number of nitrogens with one attached hydrogen (secondary N) is 2. The Morgan fingerprint density at radius 2 is 1.82 bits per heavy atom. The molecule has 1 amide bonds. The zero-order valence-electron chi connectivity index (χ0n) is 21.6. The third kappa shape index (κ3) is 5.55. The highest BCUT2D eigenvalue weighted by molar-refractivity contribution is 7.90. The first kappa shape index (κ1) is 25.9. The largest absolute Gasteiger partial charge is 0.474 e. The molecule has 1 saturated heterocycles. The van der Waals surface area contributed by atoms with Crippen LogP contribution in [0.15, 0.2) is 53.8 Å². The van der Waals surface area contributed by atoms with Crippen molar-refractivity contribution in [1.82, 2.24) is 25.3 Å². The summed E-state index contributed by atoms with van der Waals surface area (Å²) in [6.45, 7) is 5.72. The minimum Gasteiger partial charge on any atom is -0.474 e. The number of ether oxygens (including phenoxy) is 1. The zero-order valence-corrected chi connectivity index (χ0v) is 22.4. The van der Waals surface area contributed by atoms with Crippen molar-refractivity contribution < 1.29 is 17.9 Å². The molecule has 12 heteroatoms. The van der Waals surface area contributed by atoms with E-state index in [-0.39, 0.29) is 22.9 Å². The molecular formula is C26H31N7O4S. The van der Waals surface area contributed by atoms with Crippen molar-refractivity contribution in [1.29, 1.82) is 0 Å². The van der Waals surface area contributed by atoms with Crippen LogP contribution in [0, 0.1) is 0 Å². The normalized spacial score (nSPS) is 16.0. The van der Waals surface area contributed by atoms with Crippen LogP contribution in [0.3, 0.4) is 0 Å². The van der Waals surface area contributed by atoms with Crippen LogP contribution in [0.2, 0.25) is 0 Å². The second kappa shape index (κ2) is 10.5. The van der Waals surface area contributed by atoms with Gasteiger partial charge in [0.05, 0.1) is 21.7 Å². The van der Waals surface area contributed by atoms with Crippen LogP contribution in [0.4, 0.5) is 17.3 Å². The van der Waals surface area contributed by atoms with Gasteiger partial charge >= 0.3 is 0 Å². The van der Waals surface area contributed by atoms with Gasteiger partial charge < -0.3 is 15.0 Å². The fraction of sp³-hybridized carbons (Fsp3) is 0.385. The van der Waals surface area contributed by atoms with Crippen LogP contribution in [-0.2, 0) is 16.4 Å². The highest BCUT2D eigenvalue weighted by Gasteiger charge is 2.30. The Kier molecular flexibility index (Phi) is 7.17. The SMILES string of the molecule is CC(C)Nc1ccc(C(=O)N2CCC(Oc3ncnc4c3CNN4c3ccc(S(C)(=O)=O)cc3)CC2)cn1. The maximum Gasteiger partial charge on any atom is 0.255 e. The smallest absolute Gasteiger partial charge is 0.255 e. The number of rotatable bonds is 7. The number of carbonyl (C=O) groups is 1. The number of hydrogen-bond acceptors (Lipinski definition) is 10. The zero-order chi connectivity index (χ0) is 26.9. The molecule has 11 nitrogen and oxygen atoms in total. The second-order valence-corrected chi connectivity index (χ2v) is 11.8. The number of aromatic nitrogens is 3. The third-order valence-electron chi connectivity index (χ3n) is 6.49. The summed E-state index contributed by atoms with van der Waals surface area (Å²) in [7, 11) is -3.27. The summed E-state index contributed by atoms with van der Waals surface area (Å²) in [6, 6.07) is 10.5. The molecule has 38 heavy (non-hydrogen) atoms. The van der Waals surface area contributed by atoms with Gasteiger partial charge in [-0.3, -0.25) is 9.80 Å². The lowest BCUT2D eigenvalue weighted by Crippen LogP contribution is -2.42. The van der Waals surface area contributed by atoms with Gasteiger partial charge in [0.15, 0.2) is 15.7 Å². The molecule has 0 saturated carbocycles. The van der Waals surface area contributed by atoms with Gasteiger partial charge in [-0.2, -0.15) is 0 Å².